The summed E-state index contributed by atoms with van der Waals surface area (Å²) in [5.41, 5.74) is 1.74. The van der Waals surface area contributed by atoms with Crippen LogP contribution in [0.15, 0.2) is 42.5 Å². The van der Waals surface area contributed by atoms with Gasteiger partial charge in [-0.25, -0.2) is 4.79 Å². The van der Waals surface area contributed by atoms with Crippen molar-refractivity contribution in [3.63, 3.8) is 0 Å². The largest absolute Gasteiger partial charge is 0.496 e. The Morgan fingerprint density at radius 3 is 2.33 bits per heavy atom. The minimum atomic E-state index is -0.532. The Labute approximate surface area is 176 Å². The summed E-state index contributed by atoms with van der Waals surface area (Å²) in [6.45, 7) is 4.17. The lowest BCUT2D eigenvalue weighted by atomic mass is 10.0. The molecule has 0 bridgehead atoms. The average molecular weight is 412 g/mol. The number of anilines is 1. The first-order valence-electron chi connectivity index (χ1n) is 9.87. The van der Waals surface area contributed by atoms with Crippen LogP contribution in [0.1, 0.15) is 53.0 Å². The first-order valence-corrected chi connectivity index (χ1v) is 9.87. The molecule has 0 saturated heterocycles. The SMILES string of the molecule is CCC(CC)C(=O)NCc1cc(NC(=O)c2ccccc2OC)cc(C(=O)OC)c1. The maximum Gasteiger partial charge on any atom is 0.337 e. The van der Waals surface area contributed by atoms with Gasteiger partial charge in [0.25, 0.3) is 5.91 Å². The van der Waals surface area contributed by atoms with Crippen LogP contribution in [0.5, 0.6) is 5.75 Å². The van der Waals surface area contributed by atoms with Crippen molar-refractivity contribution >= 4 is 23.5 Å². The van der Waals surface area contributed by atoms with Crippen LogP contribution in [0.25, 0.3) is 0 Å². The fraction of sp³-hybridized carbons (Fsp3) is 0.348. The number of para-hydroxylation sites is 1. The molecule has 0 atom stereocenters. The third kappa shape index (κ3) is 5.83. The van der Waals surface area contributed by atoms with Crippen LogP contribution >= 0.6 is 0 Å². The lowest BCUT2D eigenvalue weighted by Crippen LogP contribution is -2.29. The van der Waals surface area contributed by atoms with Crippen molar-refractivity contribution in [1.82, 2.24) is 5.32 Å². The predicted octanol–water partition coefficient (Wildman–Crippen LogP) is 3.79. The number of rotatable bonds is 9. The summed E-state index contributed by atoms with van der Waals surface area (Å²) in [6.07, 6.45) is 1.51. The molecule has 0 heterocycles. The number of nitrogens with one attached hydrogen (secondary N) is 2. The van der Waals surface area contributed by atoms with Crippen molar-refractivity contribution in [1.29, 1.82) is 0 Å². The number of hydrogen-bond acceptors (Lipinski definition) is 5. The highest BCUT2D eigenvalue weighted by atomic mass is 16.5. The van der Waals surface area contributed by atoms with E-state index in [1.807, 2.05) is 13.8 Å². The maximum absolute atomic E-state index is 12.7. The second-order valence-electron chi connectivity index (χ2n) is 6.80. The van der Waals surface area contributed by atoms with Gasteiger partial charge in [0.1, 0.15) is 5.75 Å². The quantitative estimate of drug-likeness (QED) is 0.611. The van der Waals surface area contributed by atoms with Crippen molar-refractivity contribution in [2.75, 3.05) is 19.5 Å². The van der Waals surface area contributed by atoms with Gasteiger partial charge in [-0.05, 0) is 48.7 Å². The molecule has 2 N–H and O–H groups in total. The highest BCUT2D eigenvalue weighted by Crippen LogP contribution is 2.21. The van der Waals surface area contributed by atoms with E-state index in [0.29, 0.717) is 22.6 Å². The molecule has 2 amide bonds. The van der Waals surface area contributed by atoms with E-state index >= 15 is 0 Å². The first kappa shape index (κ1) is 22.9. The second-order valence-corrected chi connectivity index (χ2v) is 6.80. The molecule has 0 radical (unpaired) electrons. The lowest BCUT2D eigenvalue weighted by Gasteiger charge is -2.15. The number of amides is 2. The molecule has 0 unspecified atom stereocenters. The van der Waals surface area contributed by atoms with E-state index in [-0.39, 0.29) is 29.8 Å². The van der Waals surface area contributed by atoms with Crippen LogP contribution in [0, 0.1) is 5.92 Å². The molecule has 0 aliphatic carbocycles. The van der Waals surface area contributed by atoms with Gasteiger partial charge in [0.05, 0.1) is 25.3 Å². The zero-order valence-corrected chi connectivity index (χ0v) is 17.8. The molecule has 2 aromatic carbocycles. The minimum absolute atomic E-state index is 0.0388. The monoisotopic (exact) mass is 412 g/mol. The summed E-state index contributed by atoms with van der Waals surface area (Å²) in [6, 6.07) is 11.7. The molecule has 2 rings (SSSR count). The Morgan fingerprint density at radius 1 is 1.00 bits per heavy atom. The first-order chi connectivity index (χ1) is 14.4. The molecule has 0 aliphatic heterocycles. The zero-order chi connectivity index (χ0) is 22.1. The lowest BCUT2D eigenvalue weighted by molar-refractivity contribution is -0.125. The van der Waals surface area contributed by atoms with Crippen LogP contribution < -0.4 is 15.4 Å². The molecule has 7 nitrogen and oxygen atoms in total. The van der Waals surface area contributed by atoms with Crippen LogP contribution in [-0.4, -0.2) is 32.0 Å². The number of methoxy groups -OCH3 is 2. The Morgan fingerprint density at radius 2 is 1.70 bits per heavy atom. The molecule has 0 saturated carbocycles. The van der Waals surface area contributed by atoms with E-state index in [9.17, 15) is 14.4 Å². The van der Waals surface area contributed by atoms with E-state index in [2.05, 4.69) is 10.6 Å². The standard InChI is InChI=1S/C23H28N2O5/c1-5-16(6-2)21(26)24-14-15-11-17(23(28)30-4)13-18(12-15)25-22(27)19-9-7-8-10-20(19)29-3/h7-13,16H,5-6,14H2,1-4H3,(H,24,26)(H,25,27). The molecule has 0 aliphatic rings. The van der Waals surface area contributed by atoms with Gasteiger partial charge < -0.3 is 20.1 Å². The molecular weight excluding hydrogens is 384 g/mol. The number of hydrogen-bond donors (Lipinski definition) is 2. The highest BCUT2D eigenvalue weighted by molar-refractivity contribution is 6.06. The third-order valence-electron chi connectivity index (χ3n) is 4.85. The average Bonchev–Trinajstić information content (AvgIpc) is 2.77. The summed E-state index contributed by atoms with van der Waals surface area (Å²) >= 11 is 0. The Kier molecular flexibility index (Phi) is 8.41. The predicted molar refractivity (Wildman–Crippen MR) is 115 cm³/mol. The summed E-state index contributed by atoms with van der Waals surface area (Å²) in [5.74, 6) is -0.559. The molecular formula is C23H28N2O5. The van der Waals surface area contributed by atoms with Gasteiger partial charge in [-0.15, -0.1) is 0 Å². The van der Waals surface area contributed by atoms with Crippen molar-refractivity contribution < 1.29 is 23.9 Å². The van der Waals surface area contributed by atoms with Gasteiger partial charge in [-0.1, -0.05) is 26.0 Å². The van der Waals surface area contributed by atoms with Crippen molar-refractivity contribution in [3.05, 3.63) is 59.2 Å². The molecule has 7 heteroatoms. The number of carbonyl (C=O) groups excluding carboxylic acids is 3. The van der Waals surface area contributed by atoms with Crippen LogP contribution in [0.4, 0.5) is 5.69 Å². The van der Waals surface area contributed by atoms with E-state index in [1.165, 1.54) is 20.3 Å². The number of carbonyl (C=O) groups is 3. The normalized spacial score (nSPS) is 10.4. The highest BCUT2D eigenvalue weighted by Gasteiger charge is 2.16. The maximum atomic E-state index is 12.7. The van der Waals surface area contributed by atoms with Crippen LogP contribution in [0.3, 0.4) is 0 Å². The fourth-order valence-electron chi connectivity index (χ4n) is 3.13. The van der Waals surface area contributed by atoms with E-state index in [4.69, 9.17) is 9.47 Å². The van der Waals surface area contributed by atoms with Crippen molar-refractivity contribution in [2.45, 2.75) is 33.2 Å². The summed E-state index contributed by atoms with van der Waals surface area (Å²) in [5, 5.41) is 5.68. The van der Waals surface area contributed by atoms with Crippen LogP contribution in [0.2, 0.25) is 0 Å². The van der Waals surface area contributed by atoms with Gasteiger partial charge in [-0.2, -0.15) is 0 Å². The smallest absolute Gasteiger partial charge is 0.337 e. The van der Waals surface area contributed by atoms with Gasteiger partial charge in [0.2, 0.25) is 5.91 Å². The molecule has 160 valence electrons. The van der Waals surface area contributed by atoms with Crippen molar-refractivity contribution in [2.24, 2.45) is 5.92 Å². The zero-order valence-electron chi connectivity index (χ0n) is 17.8. The fourth-order valence-corrected chi connectivity index (χ4v) is 3.13. The van der Waals surface area contributed by atoms with E-state index in [0.717, 1.165) is 12.8 Å². The topological polar surface area (TPSA) is 93.7 Å². The Bertz CT molecular complexity index is 906. The van der Waals surface area contributed by atoms with Gasteiger partial charge >= 0.3 is 5.97 Å². The van der Waals surface area contributed by atoms with Gasteiger partial charge in [0.15, 0.2) is 0 Å². The Balaban J connectivity index is 2.26. The van der Waals surface area contributed by atoms with Crippen LogP contribution in [-0.2, 0) is 16.1 Å². The molecule has 0 spiro atoms. The van der Waals surface area contributed by atoms with E-state index < -0.39 is 5.97 Å². The number of benzene rings is 2. The molecule has 0 aromatic heterocycles. The minimum Gasteiger partial charge on any atom is -0.496 e. The summed E-state index contributed by atoms with van der Waals surface area (Å²) in [7, 11) is 2.78. The number of ether oxygens (including phenoxy) is 2. The Hall–Kier alpha value is -3.35. The second kappa shape index (κ2) is 11.0. The van der Waals surface area contributed by atoms with Crippen molar-refractivity contribution in [3.8, 4) is 5.75 Å². The molecule has 0 fully saturated rings. The van der Waals surface area contributed by atoms with E-state index in [1.54, 1.807) is 36.4 Å². The summed E-state index contributed by atoms with van der Waals surface area (Å²) < 4.78 is 10.0. The molecule has 30 heavy (non-hydrogen) atoms. The third-order valence-corrected chi connectivity index (χ3v) is 4.85. The van der Waals surface area contributed by atoms with Gasteiger partial charge in [-0.3, -0.25) is 9.59 Å². The van der Waals surface area contributed by atoms with Gasteiger partial charge in [0, 0.05) is 18.2 Å². The summed E-state index contributed by atoms with van der Waals surface area (Å²) in [4.78, 5) is 37.1. The number of esters is 1. The molecule has 2 aromatic rings.